The number of hydrogen-bond acceptors (Lipinski definition) is 6. The molecule has 0 fully saturated rings. The van der Waals surface area contributed by atoms with E-state index in [0.29, 0.717) is 12.1 Å². The van der Waals surface area contributed by atoms with Gasteiger partial charge >= 0.3 is 5.69 Å². The maximum Gasteiger partial charge on any atom is 0.313 e. The maximum absolute atomic E-state index is 12.2. The van der Waals surface area contributed by atoms with Gasteiger partial charge in [0.15, 0.2) is 11.5 Å². The van der Waals surface area contributed by atoms with Crippen molar-refractivity contribution < 1.29 is 19.2 Å². The van der Waals surface area contributed by atoms with Crippen molar-refractivity contribution in [2.75, 3.05) is 13.7 Å². The van der Waals surface area contributed by atoms with E-state index in [1.807, 2.05) is 0 Å². The number of nitro groups is 1. The smallest absolute Gasteiger partial charge is 0.313 e. The molecule has 1 amide bonds. The molecule has 2 aromatic carbocycles. The monoisotopic (exact) mass is 429 g/mol. The normalized spacial score (nSPS) is 10.6. The molecule has 28 heavy (non-hydrogen) atoms. The van der Waals surface area contributed by atoms with Crippen LogP contribution in [0, 0.1) is 10.1 Å². The summed E-state index contributed by atoms with van der Waals surface area (Å²) in [7, 11) is 1.41. The zero-order valence-corrected chi connectivity index (χ0v) is 17.1. The highest BCUT2D eigenvalue weighted by atomic mass is 35.5. The number of benzene rings is 2. The number of nitrogens with zero attached hydrogens (tertiary/aromatic N) is 1. The Hall–Kier alpha value is -2.55. The highest BCUT2D eigenvalue weighted by Gasteiger charge is 2.19. The first-order valence-corrected chi connectivity index (χ1v) is 8.35. The minimum absolute atomic E-state index is 0. The quantitative estimate of drug-likeness (QED) is 0.508. The molecule has 2 aromatic rings. The molecule has 152 valence electrons. The number of amides is 1. The zero-order chi connectivity index (χ0) is 20.2. The molecule has 0 aromatic heterocycles. The van der Waals surface area contributed by atoms with Crippen LogP contribution < -0.4 is 20.5 Å². The fraction of sp³-hybridized carbons (Fsp3) is 0.278. The molecule has 0 atom stereocenters. The maximum atomic E-state index is 12.2. The largest absolute Gasteiger partial charge is 0.493 e. The molecule has 0 spiro atoms. The van der Waals surface area contributed by atoms with Crippen molar-refractivity contribution in [3.63, 3.8) is 0 Å². The predicted octanol–water partition coefficient (Wildman–Crippen LogP) is 3.94. The molecule has 0 aliphatic rings. The van der Waals surface area contributed by atoms with E-state index >= 15 is 0 Å². The number of nitrogens with one attached hydrogen (secondary N) is 1. The van der Waals surface area contributed by atoms with Gasteiger partial charge < -0.3 is 20.5 Å². The number of carbonyl (C=O) groups is 1. The summed E-state index contributed by atoms with van der Waals surface area (Å²) < 4.78 is 10.9. The molecule has 2 rings (SSSR count). The minimum Gasteiger partial charge on any atom is -0.493 e. The van der Waals surface area contributed by atoms with Gasteiger partial charge in [0.1, 0.15) is 0 Å². The van der Waals surface area contributed by atoms with Gasteiger partial charge in [-0.3, -0.25) is 14.9 Å². The van der Waals surface area contributed by atoms with Crippen LogP contribution in [0.15, 0.2) is 36.4 Å². The van der Waals surface area contributed by atoms with E-state index in [1.165, 1.54) is 43.5 Å². The molecule has 0 aliphatic heterocycles. The summed E-state index contributed by atoms with van der Waals surface area (Å²) in [5, 5.41) is 14.1. The summed E-state index contributed by atoms with van der Waals surface area (Å²) in [4.78, 5) is 22.8. The second kappa shape index (κ2) is 9.59. The van der Waals surface area contributed by atoms with Crippen LogP contribution in [0.25, 0.3) is 0 Å². The van der Waals surface area contributed by atoms with Gasteiger partial charge in [0.25, 0.3) is 5.91 Å². The van der Waals surface area contributed by atoms with Crippen LogP contribution in [0.2, 0.25) is 5.02 Å². The van der Waals surface area contributed by atoms with Crippen molar-refractivity contribution in [2.24, 2.45) is 5.73 Å². The van der Waals surface area contributed by atoms with Crippen LogP contribution in [0.3, 0.4) is 0 Å². The van der Waals surface area contributed by atoms with Crippen LogP contribution in [-0.4, -0.2) is 30.0 Å². The molecular weight excluding hydrogens is 409 g/mol. The van der Waals surface area contributed by atoms with Crippen LogP contribution in [0.4, 0.5) is 5.69 Å². The minimum atomic E-state index is -0.593. The van der Waals surface area contributed by atoms with E-state index in [1.54, 1.807) is 13.8 Å². The lowest BCUT2D eigenvalue weighted by molar-refractivity contribution is -0.385. The molecule has 0 heterocycles. The van der Waals surface area contributed by atoms with Gasteiger partial charge in [0.05, 0.1) is 12.0 Å². The molecule has 0 radical (unpaired) electrons. The highest BCUT2D eigenvalue weighted by molar-refractivity contribution is 6.30. The summed E-state index contributed by atoms with van der Waals surface area (Å²) in [6.45, 7) is 3.89. The van der Waals surface area contributed by atoms with Crippen molar-refractivity contribution in [1.29, 1.82) is 0 Å². The standard InChI is InChI=1S/C18H20ClN3O5.ClH/c1-18(2,20)10-21-17(23)11-4-6-15(16(8-11)26-3)27-14-7-5-12(19)9-13(14)22(24)25;/h4-9H,10,20H2,1-3H3,(H,21,23);1H. The Morgan fingerprint density at radius 3 is 2.43 bits per heavy atom. The lowest BCUT2D eigenvalue weighted by atomic mass is 10.1. The van der Waals surface area contributed by atoms with Crippen LogP contribution in [-0.2, 0) is 0 Å². The molecule has 0 unspecified atom stereocenters. The Labute approximate surface area is 173 Å². The summed E-state index contributed by atoms with van der Waals surface area (Å²) >= 11 is 5.80. The zero-order valence-electron chi connectivity index (χ0n) is 15.5. The van der Waals surface area contributed by atoms with E-state index < -0.39 is 10.5 Å². The van der Waals surface area contributed by atoms with E-state index in [-0.39, 0.29) is 46.3 Å². The predicted molar refractivity (Wildman–Crippen MR) is 109 cm³/mol. The van der Waals surface area contributed by atoms with Crippen molar-refractivity contribution >= 4 is 35.6 Å². The Morgan fingerprint density at radius 2 is 1.86 bits per heavy atom. The molecule has 0 aliphatic carbocycles. The average molecular weight is 430 g/mol. The number of methoxy groups -OCH3 is 1. The molecule has 0 saturated heterocycles. The summed E-state index contributed by atoms with van der Waals surface area (Å²) in [6.07, 6.45) is 0. The molecule has 0 bridgehead atoms. The van der Waals surface area contributed by atoms with Crippen molar-refractivity contribution in [3.05, 3.63) is 57.1 Å². The van der Waals surface area contributed by atoms with Gasteiger partial charge in [0, 0.05) is 28.7 Å². The van der Waals surface area contributed by atoms with Crippen molar-refractivity contribution in [1.82, 2.24) is 5.32 Å². The van der Waals surface area contributed by atoms with Crippen LogP contribution >= 0.6 is 24.0 Å². The first-order chi connectivity index (χ1) is 12.6. The number of nitro benzene ring substituents is 1. The molecular formula is C18H21Cl2N3O5. The third-order valence-electron chi connectivity index (χ3n) is 3.47. The molecule has 8 nitrogen and oxygen atoms in total. The van der Waals surface area contributed by atoms with E-state index in [0.717, 1.165) is 0 Å². The van der Waals surface area contributed by atoms with Crippen LogP contribution in [0.1, 0.15) is 24.2 Å². The number of carbonyl (C=O) groups excluding carboxylic acids is 1. The second-order valence-electron chi connectivity index (χ2n) is 6.51. The van der Waals surface area contributed by atoms with Gasteiger partial charge in [-0.15, -0.1) is 12.4 Å². The first-order valence-electron chi connectivity index (χ1n) is 7.97. The van der Waals surface area contributed by atoms with Gasteiger partial charge in [-0.2, -0.15) is 0 Å². The van der Waals surface area contributed by atoms with Crippen molar-refractivity contribution in [3.8, 4) is 17.2 Å². The van der Waals surface area contributed by atoms with E-state index in [2.05, 4.69) is 5.32 Å². The van der Waals surface area contributed by atoms with Gasteiger partial charge in [-0.25, -0.2) is 0 Å². The average Bonchev–Trinajstić information content (AvgIpc) is 2.60. The topological polar surface area (TPSA) is 117 Å². The van der Waals surface area contributed by atoms with E-state index in [9.17, 15) is 14.9 Å². The fourth-order valence-corrected chi connectivity index (χ4v) is 2.31. The van der Waals surface area contributed by atoms with Crippen molar-refractivity contribution in [2.45, 2.75) is 19.4 Å². The summed E-state index contributed by atoms with van der Waals surface area (Å²) in [5.74, 6) is 0.151. The third-order valence-corrected chi connectivity index (χ3v) is 3.70. The molecule has 10 heteroatoms. The van der Waals surface area contributed by atoms with E-state index in [4.69, 9.17) is 26.8 Å². The number of nitrogens with two attached hydrogens (primary N) is 1. The summed E-state index contributed by atoms with van der Waals surface area (Å²) in [6, 6.07) is 8.57. The number of halogens is 2. The highest BCUT2D eigenvalue weighted by Crippen LogP contribution is 2.37. The second-order valence-corrected chi connectivity index (χ2v) is 6.94. The lowest BCUT2D eigenvalue weighted by Gasteiger charge is -2.19. The first kappa shape index (κ1) is 23.5. The Balaban J connectivity index is 0.00000392. The Morgan fingerprint density at radius 1 is 1.21 bits per heavy atom. The fourth-order valence-electron chi connectivity index (χ4n) is 2.14. The number of rotatable bonds is 7. The molecule has 0 saturated carbocycles. The van der Waals surface area contributed by atoms with Gasteiger partial charge in [0.2, 0.25) is 5.75 Å². The third kappa shape index (κ3) is 6.26. The van der Waals surface area contributed by atoms with Crippen LogP contribution in [0.5, 0.6) is 17.2 Å². The Kier molecular flexibility index (Phi) is 8.04. The number of ether oxygens (including phenoxy) is 2. The summed E-state index contributed by atoms with van der Waals surface area (Å²) in [5.41, 5.74) is 5.37. The lowest BCUT2D eigenvalue weighted by Crippen LogP contribution is -2.45. The Bertz CT molecular complexity index is 869. The van der Waals surface area contributed by atoms with Gasteiger partial charge in [-0.1, -0.05) is 11.6 Å². The number of hydrogen-bond donors (Lipinski definition) is 2. The molecule has 3 N–H and O–H groups in total. The van der Waals surface area contributed by atoms with Gasteiger partial charge in [-0.05, 0) is 44.2 Å². The SMILES string of the molecule is COc1cc(C(=O)NCC(C)(C)N)ccc1Oc1ccc(Cl)cc1[N+](=O)[O-].Cl.